The summed E-state index contributed by atoms with van der Waals surface area (Å²) in [4.78, 5) is 0. The minimum absolute atomic E-state index is 1.67. The van der Waals surface area contributed by atoms with E-state index in [4.69, 9.17) is 0 Å². The summed E-state index contributed by atoms with van der Waals surface area (Å²) in [6.45, 7) is 0. The van der Waals surface area contributed by atoms with Crippen LogP contribution in [0.15, 0.2) is 0 Å². The first-order valence-electron chi connectivity index (χ1n) is 3.24. The van der Waals surface area contributed by atoms with E-state index in [0.717, 1.165) is 0 Å². The zero-order valence-corrected chi connectivity index (χ0v) is 9.49. The molecule has 0 atom stereocenters. The molecule has 0 heterocycles. The second kappa shape index (κ2) is 3.03. The summed E-state index contributed by atoms with van der Waals surface area (Å²) in [6.07, 6.45) is 0. The number of hydrogen-bond donors (Lipinski definition) is 0. The summed E-state index contributed by atoms with van der Waals surface area (Å²) in [5, 5.41) is 0. The van der Waals surface area contributed by atoms with Crippen LogP contribution in [0.3, 0.4) is 0 Å². The molecule has 9 heavy (non-hydrogen) atoms. The Morgan fingerprint density at radius 3 is 1.00 bits per heavy atom. The molecule has 2 nitrogen and oxygen atoms in total. The molecule has 0 aliphatic heterocycles. The van der Waals surface area contributed by atoms with Crippen LogP contribution in [-0.2, 0) is 0 Å². The Balaban J connectivity index is 4.01. The van der Waals surface area contributed by atoms with Crippen molar-refractivity contribution < 1.29 is 0 Å². The molecule has 0 fully saturated rings. The van der Waals surface area contributed by atoms with E-state index in [-0.39, 0.29) is 0 Å². The summed E-state index contributed by atoms with van der Waals surface area (Å²) in [5.74, 6) is 4.75. The van der Waals surface area contributed by atoms with Crippen molar-refractivity contribution in [2.75, 3.05) is 28.2 Å². The van der Waals surface area contributed by atoms with Crippen LogP contribution >= 0.6 is 0 Å². The van der Waals surface area contributed by atoms with Gasteiger partial charge >= 0.3 is 61.1 Å². The molecule has 0 spiro atoms. The van der Waals surface area contributed by atoms with E-state index in [1.54, 1.807) is 0 Å². The fourth-order valence-corrected chi connectivity index (χ4v) is 2.08. The minimum atomic E-state index is -1.67. The van der Waals surface area contributed by atoms with Gasteiger partial charge in [-0.1, -0.05) is 0 Å². The van der Waals surface area contributed by atoms with Crippen molar-refractivity contribution in [3.05, 3.63) is 0 Å². The van der Waals surface area contributed by atoms with Crippen LogP contribution in [0.1, 0.15) is 0 Å². The van der Waals surface area contributed by atoms with Gasteiger partial charge in [0.25, 0.3) is 0 Å². The average Bonchev–Trinajstić information content (AvgIpc) is 1.65. The SMILES string of the molecule is C[N](C)[Ge]([CH3])([CH3])[N](C)C. The summed E-state index contributed by atoms with van der Waals surface area (Å²) in [6, 6.07) is 0. The monoisotopic (exact) mass is 192 g/mol. The van der Waals surface area contributed by atoms with Crippen LogP contribution in [0.2, 0.25) is 11.5 Å². The maximum absolute atomic E-state index is 2.38. The second-order valence-corrected chi connectivity index (χ2v) is 13.3. The Bertz CT molecular complexity index is 79.1. The van der Waals surface area contributed by atoms with Crippen molar-refractivity contribution in [1.29, 1.82) is 0 Å². The molecular formula is C6H18GeN2. The number of nitrogens with zero attached hydrogens (tertiary/aromatic N) is 2. The quantitative estimate of drug-likeness (QED) is 0.595. The molecule has 0 rings (SSSR count). The van der Waals surface area contributed by atoms with Crippen molar-refractivity contribution >= 4 is 13.7 Å². The van der Waals surface area contributed by atoms with Crippen LogP contribution in [-0.4, -0.2) is 49.6 Å². The van der Waals surface area contributed by atoms with Gasteiger partial charge < -0.3 is 0 Å². The first-order chi connectivity index (χ1) is 3.89. The van der Waals surface area contributed by atoms with Crippen LogP contribution in [0.5, 0.6) is 0 Å². The fraction of sp³-hybridized carbons (Fsp3) is 1.00. The molecule has 0 aliphatic rings. The van der Waals surface area contributed by atoms with Crippen molar-refractivity contribution in [2.45, 2.75) is 11.5 Å². The normalized spacial score (nSPS) is 13.3. The summed E-state index contributed by atoms with van der Waals surface area (Å²) in [7, 11) is 8.67. The molecule has 0 unspecified atom stereocenters. The van der Waals surface area contributed by atoms with Gasteiger partial charge in [0.05, 0.1) is 0 Å². The Hall–Kier alpha value is 0.463. The van der Waals surface area contributed by atoms with Gasteiger partial charge in [-0.15, -0.1) is 0 Å². The van der Waals surface area contributed by atoms with Gasteiger partial charge in [0.15, 0.2) is 0 Å². The second-order valence-electron chi connectivity index (χ2n) is 3.28. The Kier molecular flexibility index (Phi) is 3.19. The Morgan fingerprint density at radius 2 is 1.00 bits per heavy atom. The predicted molar refractivity (Wildman–Crippen MR) is 44.9 cm³/mol. The van der Waals surface area contributed by atoms with Gasteiger partial charge in [0.1, 0.15) is 0 Å². The van der Waals surface area contributed by atoms with Crippen LogP contribution in [0, 0.1) is 0 Å². The molecule has 0 aliphatic carbocycles. The van der Waals surface area contributed by atoms with Gasteiger partial charge in [-0.3, -0.25) is 0 Å². The predicted octanol–water partition coefficient (Wildman–Crippen LogP) is 0.811. The topological polar surface area (TPSA) is 6.48 Å². The third-order valence-electron chi connectivity index (χ3n) is 2.19. The molecule has 0 aromatic rings. The van der Waals surface area contributed by atoms with Crippen LogP contribution in [0.25, 0.3) is 0 Å². The number of rotatable bonds is 2. The molecule has 0 saturated carbocycles. The van der Waals surface area contributed by atoms with Gasteiger partial charge in [-0.25, -0.2) is 0 Å². The van der Waals surface area contributed by atoms with E-state index >= 15 is 0 Å². The first-order valence-corrected chi connectivity index (χ1v) is 9.31. The molecule has 0 amide bonds. The number of hydrogen-bond acceptors (Lipinski definition) is 2. The zero-order valence-electron chi connectivity index (χ0n) is 7.39. The standard InChI is InChI=1S/C6H18GeN2/c1-7(2,8(3)4)9(5)6/h1-6H3. The van der Waals surface area contributed by atoms with Crippen molar-refractivity contribution in [3.63, 3.8) is 0 Å². The summed E-state index contributed by atoms with van der Waals surface area (Å²) in [5.41, 5.74) is 0. The van der Waals surface area contributed by atoms with Gasteiger partial charge in [-0.2, -0.15) is 0 Å². The summed E-state index contributed by atoms with van der Waals surface area (Å²) < 4.78 is 4.75. The molecule has 0 aromatic carbocycles. The molecule has 56 valence electrons. The van der Waals surface area contributed by atoms with Crippen molar-refractivity contribution in [3.8, 4) is 0 Å². The third-order valence-corrected chi connectivity index (χ3v) is 11.4. The van der Waals surface area contributed by atoms with Crippen LogP contribution in [0.4, 0.5) is 0 Å². The van der Waals surface area contributed by atoms with E-state index < -0.39 is 13.7 Å². The third kappa shape index (κ3) is 2.28. The van der Waals surface area contributed by atoms with E-state index in [2.05, 4.69) is 47.4 Å². The summed E-state index contributed by atoms with van der Waals surface area (Å²) >= 11 is -1.67. The molecular weight excluding hydrogens is 173 g/mol. The first kappa shape index (κ1) is 9.46. The molecule has 0 aromatic heterocycles. The van der Waals surface area contributed by atoms with E-state index in [1.165, 1.54) is 0 Å². The molecule has 0 saturated heterocycles. The fourth-order valence-electron chi connectivity index (χ4n) is 0.400. The molecule has 0 radical (unpaired) electrons. The molecule has 0 N–H and O–H groups in total. The molecule has 3 heteroatoms. The van der Waals surface area contributed by atoms with Gasteiger partial charge in [0.2, 0.25) is 0 Å². The van der Waals surface area contributed by atoms with Crippen molar-refractivity contribution in [2.24, 2.45) is 0 Å². The molecule has 0 bridgehead atoms. The van der Waals surface area contributed by atoms with Gasteiger partial charge in [0, 0.05) is 0 Å². The van der Waals surface area contributed by atoms with Crippen molar-refractivity contribution in [1.82, 2.24) is 7.71 Å². The average molecular weight is 191 g/mol. The Morgan fingerprint density at radius 1 is 0.778 bits per heavy atom. The van der Waals surface area contributed by atoms with Gasteiger partial charge in [-0.05, 0) is 0 Å². The Labute approximate surface area is 61.6 Å². The van der Waals surface area contributed by atoms with Crippen LogP contribution < -0.4 is 0 Å². The van der Waals surface area contributed by atoms with E-state index in [0.29, 0.717) is 0 Å². The van der Waals surface area contributed by atoms with E-state index in [1.807, 2.05) is 0 Å². The zero-order chi connectivity index (χ0) is 7.65. The maximum atomic E-state index is 2.38. The van der Waals surface area contributed by atoms with E-state index in [9.17, 15) is 0 Å².